The highest BCUT2D eigenvalue weighted by molar-refractivity contribution is 8.00. The lowest BCUT2D eigenvalue weighted by molar-refractivity contribution is -0.117. The van der Waals surface area contributed by atoms with Crippen LogP contribution in [-0.2, 0) is 9.59 Å². The maximum absolute atomic E-state index is 12.8. The van der Waals surface area contributed by atoms with E-state index in [-0.39, 0.29) is 22.6 Å². The summed E-state index contributed by atoms with van der Waals surface area (Å²) in [6.07, 6.45) is 1.49. The summed E-state index contributed by atoms with van der Waals surface area (Å²) in [5, 5.41) is 2.88. The van der Waals surface area contributed by atoms with Gasteiger partial charge in [0.05, 0.1) is 18.0 Å². The number of nitrogens with one attached hydrogen (secondary N) is 1. The van der Waals surface area contributed by atoms with E-state index in [2.05, 4.69) is 33.0 Å². The van der Waals surface area contributed by atoms with Crippen molar-refractivity contribution in [1.29, 1.82) is 0 Å². The zero-order chi connectivity index (χ0) is 23.3. The number of thioether (sulfide) groups is 1. The second kappa shape index (κ2) is 10.4. The predicted octanol–water partition coefficient (Wildman–Crippen LogP) is 6.26. The quantitative estimate of drug-likeness (QED) is 0.511. The summed E-state index contributed by atoms with van der Waals surface area (Å²) in [5.41, 5.74) is 2.72. The van der Waals surface area contributed by atoms with E-state index in [9.17, 15) is 9.59 Å². The summed E-state index contributed by atoms with van der Waals surface area (Å²) in [5.74, 6) is 1.50. The number of anilines is 2. The normalized spacial score (nSPS) is 17.3. The third-order valence-corrected chi connectivity index (χ3v) is 6.46. The van der Waals surface area contributed by atoms with E-state index in [1.807, 2.05) is 60.4 Å². The number of rotatable bonds is 8. The minimum Gasteiger partial charge on any atom is -0.492 e. The molecular weight excluding hydrogens is 420 g/mol. The van der Waals surface area contributed by atoms with Gasteiger partial charge in [-0.05, 0) is 54.5 Å². The average Bonchev–Trinajstić information content (AvgIpc) is 3.08. The molecule has 0 saturated carbocycles. The number of para-hydroxylation sites is 2. The molecule has 5 nitrogen and oxygen atoms in total. The second-order valence-corrected chi connectivity index (χ2v) is 10.6. The molecule has 32 heavy (non-hydrogen) atoms. The average molecular weight is 455 g/mol. The number of hydrogen-bond donors (Lipinski definition) is 1. The zero-order valence-corrected chi connectivity index (χ0v) is 20.5. The molecule has 0 unspecified atom stereocenters. The Morgan fingerprint density at radius 1 is 1.22 bits per heavy atom. The number of carbonyl (C=O) groups is 2. The van der Waals surface area contributed by atoms with E-state index in [0.717, 1.165) is 23.4 Å². The van der Waals surface area contributed by atoms with Crippen molar-refractivity contribution in [2.24, 2.45) is 11.3 Å². The maximum Gasteiger partial charge on any atom is 0.238 e. The number of benzene rings is 2. The van der Waals surface area contributed by atoms with Gasteiger partial charge in [-0.2, -0.15) is 0 Å². The van der Waals surface area contributed by atoms with Crippen LogP contribution in [0.4, 0.5) is 11.4 Å². The Morgan fingerprint density at radius 2 is 1.97 bits per heavy atom. The van der Waals surface area contributed by atoms with Crippen LogP contribution < -0.4 is 15.0 Å². The molecule has 0 spiro atoms. The van der Waals surface area contributed by atoms with E-state index >= 15 is 0 Å². The summed E-state index contributed by atoms with van der Waals surface area (Å²) in [6, 6.07) is 15.4. The molecule has 0 aromatic heterocycles. The number of hydrogen-bond acceptors (Lipinski definition) is 4. The maximum atomic E-state index is 12.8. The number of amides is 2. The van der Waals surface area contributed by atoms with Gasteiger partial charge in [-0.3, -0.25) is 14.5 Å². The van der Waals surface area contributed by atoms with Gasteiger partial charge in [0.2, 0.25) is 11.8 Å². The number of carbonyl (C=O) groups excluding carboxylic acids is 2. The molecule has 6 heteroatoms. The van der Waals surface area contributed by atoms with Gasteiger partial charge >= 0.3 is 0 Å². The summed E-state index contributed by atoms with van der Waals surface area (Å²) in [6.45, 7) is 11.2. The molecule has 2 amide bonds. The second-order valence-electron chi connectivity index (χ2n) is 9.58. The Hall–Kier alpha value is -2.47. The summed E-state index contributed by atoms with van der Waals surface area (Å²) in [7, 11) is 0. The molecule has 1 saturated heterocycles. The van der Waals surface area contributed by atoms with E-state index in [0.29, 0.717) is 30.4 Å². The highest BCUT2D eigenvalue weighted by Gasteiger charge is 2.35. The van der Waals surface area contributed by atoms with E-state index in [1.54, 1.807) is 11.8 Å². The van der Waals surface area contributed by atoms with Crippen molar-refractivity contribution in [3.05, 3.63) is 54.1 Å². The molecule has 2 aromatic carbocycles. The van der Waals surface area contributed by atoms with E-state index in [1.165, 1.54) is 0 Å². The van der Waals surface area contributed by atoms with Crippen molar-refractivity contribution in [3.8, 4) is 5.75 Å². The Morgan fingerprint density at radius 3 is 2.69 bits per heavy atom. The third kappa shape index (κ3) is 6.28. The van der Waals surface area contributed by atoms with Gasteiger partial charge < -0.3 is 10.1 Å². The Kier molecular flexibility index (Phi) is 7.88. The van der Waals surface area contributed by atoms with E-state index in [4.69, 9.17) is 4.74 Å². The van der Waals surface area contributed by atoms with Gasteiger partial charge in [0, 0.05) is 12.1 Å². The van der Waals surface area contributed by atoms with Gasteiger partial charge in [-0.1, -0.05) is 52.0 Å². The van der Waals surface area contributed by atoms with Crippen molar-refractivity contribution in [2.75, 3.05) is 22.6 Å². The lowest BCUT2D eigenvalue weighted by Gasteiger charge is -2.26. The third-order valence-electron chi connectivity index (χ3n) is 5.24. The summed E-state index contributed by atoms with van der Waals surface area (Å²) >= 11 is 1.59. The first-order valence-electron chi connectivity index (χ1n) is 11.2. The largest absolute Gasteiger partial charge is 0.492 e. The highest BCUT2D eigenvalue weighted by atomic mass is 32.2. The van der Waals surface area contributed by atoms with Crippen molar-refractivity contribution >= 4 is 35.0 Å². The van der Waals surface area contributed by atoms with Crippen molar-refractivity contribution in [1.82, 2.24) is 0 Å². The summed E-state index contributed by atoms with van der Waals surface area (Å²) in [4.78, 5) is 27.2. The number of ether oxygens (including phenoxy) is 1. The van der Waals surface area contributed by atoms with Crippen LogP contribution in [0.2, 0.25) is 0 Å². The molecule has 1 fully saturated rings. The van der Waals surface area contributed by atoms with Gasteiger partial charge in [0.25, 0.3) is 0 Å². The fourth-order valence-corrected chi connectivity index (χ4v) is 5.44. The molecule has 1 N–H and O–H groups in total. The SMILES string of the molecule is CCOc1ccccc1N1C(=O)CS[C@@H]1c1cccc(NC(=O)C[C@@H](C)CC(C)(C)C)c1. The molecule has 1 aliphatic heterocycles. The lowest BCUT2D eigenvalue weighted by Crippen LogP contribution is -2.28. The minimum atomic E-state index is -0.166. The first-order chi connectivity index (χ1) is 15.2. The predicted molar refractivity (Wildman–Crippen MR) is 133 cm³/mol. The van der Waals surface area contributed by atoms with E-state index < -0.39 is 0 Å². The van der Waals surface area contributed by atoms with Crippen molar-refractivity contribution in [2.45, 2.75) is 52.8 Å². The van der Waals surface area contributed by atoms with Crippen molar-refractivity contribution < 1.29 is 14.3 Å². The van der Waals surface area contributed by atoms with Crippen LogP contribution in [0.1, 0.15) is 58.4 Å². The molecule has 1 heterocycles. The van der Waals surface area contributed by atoms with Crippen LogP contribution in [0.3, 0.4) is 0 Å². The van der Waals surface area contributed by atoms with Crippen LogP contribution in [-0.4, -0.2) is 24.2 Å². The molecule has 3 rings (SSSR count). The zero-order valence-electron chi connectivity index (χ0n) is 19.7. The van der Waals surface area contributed by atoms with Crippen LogP contribution in [0.25, 0.3) is 0 Å². The molecule has 0 radical (unpaired) electrons. The standard InChI is InChI=1S/C26H34N2O3S/c1-6-31-22-13-8-7-12-21(22)28-24(30)17-32-25(28)19-10-9-11-20(15-19)27-23(29)14-18(2)16-26(3,4)5/h7-13,15,18,25H,6,14,16-17H2,1-5H3,(H,27,29)/t18-,25-/m1/s1. The van der Waals surface area contributed by atoms with Crippen molar-refractivity contribution in [3.63, 3.8) is 0 Å². The number of nitrogens with zero attached hydrogens (tertiary/aromatic N) is 1. The Bertz CT molecular complexity index is 954. The summed E-state index contributed by atoms with van der Waals surface area (Å²) < 4.78 is 5.77. The molecule has 1 aliphatic rings. The van der Waals surface area contributed by atoms with Crippen LogP contribution in [0.5, 0.6) is 5.75 Å². The smallest absolute Gasteiger partial charge is 0.238 e. The lowest BCUT2D eigenvalue weighted by atomic mass is 9.84. The molecule has 0 bridgehead atoms. The van der Waals surface area contributed by atoms with Crippen LogP contribution in [0, 0.1) is 11.3 Å². The first-order valence-corrected chi connectivity index (χ1v) is 12.3. The van der Waals surface area contributed by atoms with Gasteiger partial charge in [0.1, 0.15) is 11.1 Å². The topological polar surface area (TPSA) is 58.6 Å². The Labute approximate surface area is 195 Å². The molecule has 0 aliphatic carbocycles. The van der Waals surface area contributed by atoms with Gasteiger partial charge in [-0.15, -0.1) is 11.8 Å². The minimum absolute atomic E-state index is 0.0209. The fourth-order valence-electron chi connectivity index (χ4n) is 4.28. The molecule has 2 aromatic rings. The van der Waals surface area contributed by atoms with Gasteiger partial charge in [0.15, 0.2) is 0 Å². The fraction of sp³-hybridized carbons (Fsp3) is 0.462. The monoisotopic (exact) mass is 454 g/mol. The van der Waals surface area contributed by atoms with Crippen LogP contribution >= 0.6 is 11.8 Å². The highest BCUT2D eigenvalue weighted by Crippen LogP contribution is 2.45. The first kappa shape index (κ1) is 24.2. The van der Waals surface area contributed by atoms with Crippen LogP contribution in [0.15, 0.2) is 48.5 Å². The molecule has 2 atom stereocenters. The Balaban J connectivity index is 1.77. The van der Waals surface area contributed by atoms with Gasteiger partial charge in [-0.25, -0.2) is 0 Å². The molecular formula is C26H34N2O3S. The molecule has 172 valence electrons.